The normalized spacial score (nSPS) is 22.9. The van der Waals surface area contributed by atoms with Crippen LogP contribution >= 0.6 is 22.7 Å². The molecule has 24 heavy (non-hydrogen) atoms. The van der Waals surface area contributed by atoms with Gasteiger partial charge in [0.15, 0.2) is 6.04 Å². The fourth-order valence-electron chi connectivity index (χ4n) is 3.57. The van der Waals surface area contributed by atoms with Crippen molar-refractivity contribution < 1.29 is 14.9 Å². The number of fused-ring (bicyclic) bond motifs is 1. The van der Waals surface area contributed by atoms with Crippen LogP contribution in [-0.2, 0) is 0 Å². The Morgan fingerprint density at radius 3 is 2.75 bits per heavy atom. The number of thiazole rings is 1. The van der Waals surface area contributed by atoms with E-state index < -0.39 is 0 Å². The highest BCUT2D eigenvalue weighted by molar-refractivity contribution is 7.17. The number of aromatic hydroxyl groups is 1. The topological polar surface area (TPSA) is 59.3 Å². The molecule has 0 unspecified atom stereocenters. The van der Waals surface area contributed by atoms with Crippen molar-refractivity contribution in [2.75, 3.05) is 32.7 Å². The zero-order valence-electron chi connectivity index (χ0n) is 14.0. The summed E-state index contributed by atoms with van der Waals surface area (Å²) in [6.45, 7) is 9.93. The molecule has 3 N–H and O–H groups in total. The molecule has 1 fully saturated rings. The van der Waals surface area contributed by atoms with Gasteiger partial charge in [0, 0.05) is 0 Å². The lowest BCUT2D eigenvalue weighted by Gasteiger charge is -2.33. The summed E-state index contributed by atoms with van der Waals surface area (Å²) in [5.41, 5.74) is 0. The molecule has 3 aromatic heterocycles. The van der Waals surface area contributed by atoms with Crippen LogP contribution in [0.1, 0.15) is 28.5 Å². The summed E-state index contributed by atoms with van der Waals surface area (Å²) in [7, 11) is 0. The van der Waals surface area contributed by atoms with Crippen molar-refractivity contribution in [3.63, 3.8) is 0 Å². The Labute approximate surface area is 149 Å². The minimum absolute atomic E-state index is 0.178. The lowest BCUT2D eigenvalue weighted by Crippen LogP contribution is -3.28. The number of piperazine rings is 1. The van der Waals surface area contributed by atoms with Crippen LogP contribution in [0.5, 0.6) is 5.88 Å². The van der Waals surface area contributed by atoms with E-state index in [0.29, 0.717) is 5.82 Å². The maximum Gasteiger partial charge on any atom is 0.235 e. The van der Waals surface area contributed by atoms with Crippen LogP contribution in [0, 0.1) is 6.92 Å². The van der Waals surface area contributed by atoms with Crippen molar-refractivity contribution in [1.29, 1.82) is 0 Å². The fourth-order valence-corrected chi connectivity index (χ4v) is 5.72. The van der Waals surface area contributed by atoms with Crippen molar-refractivity contribution in [1.82, 2.24) is 14.6 Å². The Bertz CT molecular complexity index is 817. The van der Waals surface area contributed by atoms with Gasteiger partial charge < -0.3 is 14.9 Å². The zero-order chi connectivity index (χ0) is 16.7. The van der Waals surface area contributed by atoms with Crippen molar-refractivity contribution in [3.8, 4) is 5.88 Å². The average Bonchev–Trinajstić information content (AvgIpc) is 3.29. The molecule has 0 radical (unpaired) electrons. The van der Waals surface area contributed by atoms with Gasteiger partial charge in [-0.3, -0.25) is 0 Å². The molecular formula is C16H23N5OS2+2. The summed E-state index contributed by atoms with van der Waals surface area (Å²) < 4.78 is 1.59. The zero-order valence-corrected chi connectivity index (χ0v) is 15.6. The smallest absolute Gasteiger partial charge is 0.235 e. The van der Waals surface area contributed by atoms with Gasteiger partial charge in [-0.1, -0.05) is 17.4 Å². The number of quaternary nitrogens is 2. The van der Waals surface area contributed by atoms with Crippen LogP contribution in [0.3, 0.4) is 0 Å². The number of aromatic nitrogens is 3. The summed E-state index contributed by atoms with van der Waals surface area (Å²) in [4.78, 5) is 10.7. The maximum atomic E-state index is 10.8. The first-order chi connectivity index (χ1) is 11.7. The highest BCUT2D eigenvalue weighted by Crippen LogP contribution is 2.36. The quantitative estimate of drug-likeness (QED) is 0.598. The number of rotatable bonds is 4. The highest BCUT2D eigenvalue weighted by atomic mass is 32.1. The maximum absolute atomic E-state index is 10.8. The SMILES string of the molecule is CC[NH+]1CC[NH+]([C@H](c2cccs2)c2sc3nc(C)nn3c2O)CC1. The number of nitrogens with zero attached hydrogens (tertiary/aromatic N) is 3. The second kappa shape index (κ2) is 6.44. The number of aryl methyl sites for hydroxylation is 1. The molecule has 3 aromatic rings. The third-order valence-corrected chi connectivity index (χ3v) is 6.93. The van der Waals surface area contributed by atoms with Gasteiger partial charge in [0.25, 0.3) is 0 Å². The van der Waals surface area contributed by atoms with Crippen LogP contribution in [0.25, 0.3) is 4.96 Å². The van der Waals surface area contributed by atoms with E-state index in [1.54, 1.807) is 32.1 Å². The lowest BCUT2D eigenvalue weighted by molar-refractivity contribution is -1.02. The van der Waals surface area contributed by atoms with E-state index in [0.717, 1.165) is 22.9 Å². The Kier molecular flexibility index (Phi) is 4.29. The summed E-state index contributed by atoms with van der Waals surface area (Å²) >= 11 is 3.34. The molecule has 4 rings (SSSR count). The number of hydrogen-bond donors (Lipinski definition) is 3. The first kappa shape index (κ1) is 16.0. The van der Waals surface area contributed by atoms with Gasteiger partial charge in [-0.05, 0) is 25.3 Å². The minimum atomic E-state index is 0.178. The molecule has 8 heteroatoms. The Hall–Kier alpha value is -1.48. The summed E-state index contributed by atoms with van der Waals surface area (Å²) in [6, 6.07) is 4.46. The number of nitrogens with one attached hydrogen (secondary N) is 2. The van der Waals surface area contributed by atoms with Crippen molar-refractivity contribution in [2.45, 2.75) is 19.9 Å². The molecule has 1 aliphatic rings. The standard InChI is InChI=1S/C16H21N5OS2/c1-3-19-6-8-20(9-7-19)13(12-5-4-10-23-12)14-15(22)21-16(24-14)17-11(2)18-21/h4-5,10,13,22H,3,6-9H2,1-2H3/p+2/t13-/m1/s1. The molecular weight excluding hydrogens is 342 g/mol. The molecule has 128 valence electrons. The Morgan fingerprint density at radius 1 is 1.33 bits per heavy atom. The third-order valence-electron chi connectivity index (χ3n) is 4.90. The molecule has 0 aliphatic carbocycles. The van der Waals surface area contributed by atoms with Crippen LogP contribution in [0.15, 0.2) is 17.5 Å². The second-order valence-electron chi connectivity index (χ2n) is 6.35. The van der Waals surface area contributed by atoms with Gasteiger partial charge in [-0.2, -0.15) is 4.52 Å². The lowest BCUT2D eigenvalue weighted by atomic mass is 10.1. The van der Waals surface area contributed by atoms with Crippen molar-refractivity contribution >= 4 is 27.6 Å². The summed E-state index contributed by atoms with van der Waals surface area (Å²) in [5.74, 6) is 0.954. The Balaban J connectivity index is 1.72. The van der Waals surface area contributed by atoms with E-state index in [-0.39, 0.29) is 11.9 Å². The third kappa shape index (κ3) is 2.73. The molecule has 1 saturated heterocycles. The van der Waals surface area contributed by atoms with Crippen LogP contribution in [0.2, 0.25) is 0 Å². The monoisotopic (exact) mass is 365 g/mol. The number of thiophene rings is 1. The molecule has 6 nitrogen and oxygen atoms in total. The van der Waals surface area contributed by atoms with Gasteiger partial charge in [0.2, 0.25) is 10.8 Å². The van der Waals surface area contributed by atoms with Gasteiger partial charge in [-0.15, -0.1) is 16.4 Å². The van der Waals surface area contributed by atoms with E-state index in [1.165, 1.54) is 29.4 Å². The van der Waals surface area contributed by atoms with Gasteiger partial charge in [0.1, 0.15) is 36.9 Å². The van der Waals surface area contributed by atoms with Crippen LogP contribution in [0.4, 0.5) is 0 Å². The van der Waals surface area contributed by atoms with E-state index in [9.17, 15) is 5.11 Å². The summed E-state index contributed by atoms with van der Waals surface area (Å²) in [5, 5.41) is 17.2. The van der Waals surface area contributed by atoms with E-state index in [1.807, 2.05) is 6.92 Å². The highest BCUT2D eigenvalue weighted by Gasteiger charge is 2.36. The Morgan fingerprint density at radius 2 is 2.12 bits per heavy atom. The molecule has 4 heterocycles. The molecule has 1 atom stereocenters. The molecule has 0 spiro atoms. The molecule has 0 amide bonds. The predicted molar refractivity (Wildman–Crippen MR) is 95.4 cm³/mol. The molecule has 0 saturated carbocycles. The van der Waals surface area contributed by atoms with E-state index >= 15 is 0 Å². The first-order valence-electron chi connectivity index (χ1n) is 8.44. The van der Waals surface area contributed by atoms with Crippen LogP contribution < -0.4 is 9.80 Å². The summed E-state index contributed by atoms with van der Waals surface area (Å²) in [6.07, 6.45) is 0. The molecule has 0 bridgehead atoms. The molecule has 1 aliphatic heterocycles. The minimum Gasteiger partial charge on any atom is -0.492 e. The number of hydrogen-bond acceptors (Lipinski definition) is 5. The predicted octanol–water partition coefficient (Wildman–Crippen LogP) is -0.241. The molecule has 0 aromatic carbocycles. The fraction of sp³-hybridized carbons (Fsp3) is 0.500. The number of likely N-dealkylation sites (N-methyl/N-ethyl adjacent to an activating group) is 1. The van der Waals surface area contributed by atoms with Crippen molar-refractivity contribution in [3.05, 3.63) is 33.1 Å². The van der Waals surface area contributed by atoms with E-state index in [4.69, 9.17) is 0 Å². The van der Waals surface area contributed by atoms with Crippen LogP contribution in [-0.4, -0.2) is 52.4 Å². The van der Waals surface area contributed by atoms with Gasteiger partial charge in [-0.25, -0.2) is 4.98 Å². The van der Waals surface area contributed by atoms with E-state index in [2.05, 4.69) is 34.5 Å². The second-order valence-corrected chi connectivity index (χ2v) is 8.34. The van der Waals surface area contributed by atoms with Gasteiger partial charge >= 0.3 is 0 Å². The largest absolute Gasteiger partial charge is 0.492 e. The van der Waals surface area contributed by atoms with Gasteiger partial charge in [0.05, 0.1) is 11.4 Å². The van der Waals surface area contributed by atoms with Crippen molar-refractivity contribution in [2.24, 2.45) is 0 Å². The first-order valence-corrected chi connectivity index (χ1v) is 10.1. The average molecular weight is 366 g/mol.